The largest absolute Gasteiger partial charge is 0.388 e. The minimum absolute atomic E-state index is 0.0698. The van der Waals surface area contributed by atoms with E-state index in [1.54, 1.807) is 0 Å². The predicted molar refractivity (Wildman–Crippen MR) is 81.5 cm³/mol. The van der Waals surface area contributed by atoms with Gasteiger partial charge in [0.1, 0.15) is 11.6 Å². The molecular formula is C17H24F2N2O. The van der Waals surface area contributed by atoms with E-state index in [-0.39, 0.29) is 11.9 Å². The van der Waals surface area contributed by atoms with E-state index in [2.05, 4.69) is 9.80 Å². The summed E-state index contributed by atoms with van der Waals surface area (Å²) in [5, 5.41) is 10.7. The molecule has 2 atom stereocenters. The summed E-state index contributed by atoms with van der Waals surface area (Å²) in [5.41, 5.74) is -0.317. The average molecular weight is 310 g/mol. The molecule has 22 heavy (non-hydrogen) atoms. The Labute approximate surface area is 130 Å². The SMILES string of the molecule is CC1(O)CCN(Cc2cc(F)ccc2F)CC1N1CCCC1. The van der Waals surface area contributed by atoms with E-state index in [1.165, 1.54) is 25.0 Å². The maximum atomic E-state index is 13.8. The molecule has 0 radical (unpaired) electrons. The smallest absolute Gasteiger partial charge is 0.127 e. The van der Waals surface area contributed by atoms with Gasteiger partial charge in [-0.15, -0.1) is 0 Å². The van der Waals surface area contributed by atoms with E-state index in [1.807, 2.05) is 6.92 Å². The zero-order valence-electron chi connectivity index (χ0n) is 13.1. The van der Waals surface area contributed by atoms with Crippen molar-refractivity contribution in [3.05, 3.63) is 35.4 Å². The van der Waals surface area contributed by atoms with Crippen molar-refractivity contribution in [2.75, 3.05) is 26.2 Å². The van der Waals surface area contributed by atoms with Gasteiger partial charge in [-0.1, -0.05) is 0 Å². The molecule has 5 heteroatoms. The lowest BCUT2D eigenvalue weighted by Crippen LogP contribution is -2.60. The van der Waals surface area contributed by atoms with Crippen molar-refractivity contribution >= 4 is 0 Å². The molecule has 0 aliphatic carbocycles. The second kappa shape index (κ2) is 6.22. The number of piperidine rings is 1. The third-order valence-corrected chi connectivity index (χ3v) is 5.07. The molecule has 2 aliphatic heterocycles. The Morgan fingerprint density at radius 2 is 1.95 bits per heavy atom. The number of hydrogen-bond donors (Lipinski definition) is 1. The van der Waals surface area contributed by atoms with Crippen LogP contribution in [0, 0.1) is 11.6 Å². The molecule has 2 unspecified atom stereocenters. The van der Waals surface area contributed by atoms with Crippen molar-refractivity contribution in [1.29, 1.82) is 0 Å². The number of likely N-dealkylation sites (tertiary alicyclic amines) is 2. The number of halogens is 2. The first-order valence-corrected chi connectivity index (χ1v) is 8.08. The fourth-order valence-corrected chi connectivity index (χ4v) is 3.69. The summed E-state index contributed by atoms with van der Waals surface area (Å²) in [7, 11) is 0. The van der Waals surface area contributed by atoms with Gasteiger partial charge in [-0.05, 0) is 57.5 Å². The van der Waals surface area contributed by atoms with Crippen molar-refractivity contribution in [3.8, 4) is 0 Å². The van der Waals surface area contributed by atoms with Crippen LogP contribution in [0.3, 0.4) is 0 Å². The van der Waals surface area contributed by atoms with E-state index >= 15 is 0 Å². The lowest BCUT2D eigenvalue weighted by Gasteiger charge is -2.46. The topological polar surface area (TPSA) is 26.7 Å². The van der Waals surface area contributed by atoms with Crippen LogP contribution < -0.4 is 0 Å². The van der Waals surface area contributed by atoms with Crippen LogP contribution in [0.1, 0.15) is 31.7 Å². The van der Waals surface area contributed by atoms with Gasteiger partial charge in [-0.3, -0.25) is 9.80 Å². The Balaban J connectivity index is 1.71. The number of aliphatic hydroxyl groups is 1. The molecule has 0 amide bonds. The zero-order valence-corrected chi connectivity index (χ0v) is 13.1. The van der Waals surface area contributed by atoms with Gasteiger partial charge in [0.2, 0.25) is 0 Å². The standard InChI is InChI=1S/C17H24F2N2O/c1-17(22)6-9-20(12-16(17)21-7-2-3-8-21)11-13-10-14(18)4-5-15(13)19/h4-5,10,16,22H,2-3,6-9,11-12H2,1H3. The molecular weight excluding hydrogens is 286 g/mol. The maximum absolute atomic E-state index is 13.8. The quantitative estimate of drug-likeness (QED) is 0.928. The highest BCUT2D eigenvalue weighted by atomic mass is 19.1. The third-order valence-electron chi connectivity index (χ3n) is 5.07. The van der Waals surface area contributed by atoms with Gasteiger partial charge in [-0.25, -0.2) is 8.78 Å². The number of hydrogen-bond acceptors (Lipinski definition) is 3. The highest BCUT2D eigenvalue weighted by Gasteiger charge is 2.41. The summed E-state index contributed by atoms with van der Waals surface area (Å²) in [4.78, 5) is 4.47. The highest BCUT2D eigenvalue weighted by Crippen LogP contribution is 2.29. The number of nitrogens with zero attached hydrogens (tertiary/aromatic N) is 2. The normalized spacial score (nSPS) is 30.8. The summed E-state index contributed by atoms with van der Waals surface area (Å²) in [6.07, 6.45) is 3.00. The minimum atomic E-state index is -0.707. The van der Waals surface area contributed by atoms with Gasteiger partial charge in [-0.2, -0.15) is 0 Å². The molecule has 3 nitrogen and oxygen atoms in total. The first-order valence-electron chi connectivity index (χ1n) is 8.08. The molecule has 2 saturated heterocycles. The predicted octanol–water partition coefficient (Wildman–Crippen LogP) is 2.39. The first-order chi connectivity index (χ1) is 10.5. The fourth-order valence-electron chi connectivity index (χ4n) is 3.69. The highest BCUT2D eigenvalue weighted by molar-refractivity contribution is 5.19. The zero-order chi connectivity index (χ0) is 15.7. The average Bonchev–Trinajstić information content (AvgIpc) is 2.98. The molecule has 0 bridgehead atoms. The Morgan fingerprint density at radius 3 is 2.68 bits per heavy atom. The molecule has 2 aliphatic rings. The van der Waals surface area contributed by atoms with E-state index in [0.717, 1.165) is 19.2 Å². The molecule has 0 spiro atoms. The van der Waals surface area contributed by atoms with Gasteiger partial charge < -0.3 is 5.11 Å². The molecule has 0 saturated carbocycles. The molecule has 2 fully saturated rings. The van der Waals surface area contributed by atoms with Crippen molar-refractivity contribution in [1.82, 2.24) is 9.80 Å². The summed E-state index contributed by atoms with van der Waals surface area (Å²) in [6, 6.07) is 3.67. The summed E-state index contributed by atoms with van der Waals surface area (Å²) in [6.45, 7) is 5.72. The molecule has 122 valence electrons. The monoisotopic (exact) mass is 310 g/mol. The van der Waals surface area contributed by atoms with Gasteiger partial charge in [0.15, 0.2) is 0 Å². The Kier molecular flexibility index (Phi) is 4.48. The Morgan fingerprint density at radius 1 is 1.23 bits per heavy atom. The van der Waals surface area contributed by atoms with Crippen molar-refractivity contribution in [3.63, 3.8) is 0 Å². The first kappa shape index (κ1) is 15.8. The van der Waals surface area contributed by atoms with Crippen LogP contribution in [-0.4, -0.2) is 52.7 Å². The Hall–Kier alpha value is -1.04. The summed E-state index contributed by atoms with van der Waals surface area (Å²) < 4.78 is 27.1. The second-order valence-corrected chi connectivity index (χ2v) is 6.84. The van der Waals surface area contributed by atoms with Crippen LogP contribution in [0.4, 0.5) is 8.78 Å². The fraction of sp³-hybridized carbons (Fsp3) is 0.647. The minimum Gasteiger partial charge on any atom is -0.388 e. The van der Waals surface area contributed by atoms with Crippen LogP contribution >= 0.6 is 0 Å². The molecule has 2 heterocycles. The van der Waals surface area contributed by atoms with Crippen molar-refractivity contribution in [2.24, 2.45) is 0 Å². The molecule has 1 aromatic rings. The van der Waals surface area contributed by atoms with Crippen LogP contribution in [0.25, 0.3) is 0 Å². The number of rotatable bonds is 3. The maximum Gasteiger partial charge on any atom is 0.127 e. The lowest BCUT2D eigenvalue weighted by molar-refractivity contribution is -0.0777. The van der Waals surface area contributed by atoms with Crippen LogP contribution in [-0.2, 0) is 6.54 Å². The van der Waals surface area contributed by atoms with Crippen molar-refractivity contribution < 1.29 is 13.9 Å². The van der Waals surface area contributed by atoms with E-state index < -0.39 is 11.4 Å². The third kappa shape index (κ3) is 3.31. The van der Waals surface area contributed by atoms with Crippen LogP contribution in [0.15, 0.2) is 18.2 Å². The van der Waals surface area contributed by atoms with Crippen LogP contribution in [0.5, 0.6) is 0 Å². The number of benzene rings is 1. The van der Waals surface area contributed by atoms with E-state index in [9.17, 15) is 13.9 Å². The molecule has 0 aromatic heterocycles. The van der Waals surface area contributed by atoms with Crippen LogP contribution in [0.2, 0.25) is 0 Å². The van der Waals surface area contributed by atoms with E-state index in [0.29, 0.717) is 31.6 Å². The van der Waals surface area contributed by atoms with E-state index in [4.69, 9.17) is 0 Å². The van der Waals surface area contributed by atoms with Gasteiger partial charge in [0.05, 0.1) is 11.6 Å². The second-order valence-electron chi connectivity index (χ2n) is 6.84. The lowest BCUT2D eigenvalue weighted by atomic mass is 9.87. The summed E-state index contributed by atoms with van der Waals surface area (Å²) in [5.74, 6) is -0.770. The van der Waals surface area contributed by atoms with Gasteiger partial charge >= 0.3 is 0 Å². The van der Waals surface area contributed by atoms with Crippen molar-refractivity contribution in [2.45, 2.75) is 44.4 Å². The molecule has 1 N–H and O–H groups in total. The molecule has 1 aromatic carbocycles. The Bertz CT molecular complexity index is 529. The molecule has 3 rings (SSSR count). The summed E-state index contributed by atoms with van der Waals surface area (Å²) >= 11 is 0. The van der Waals surface area contributed by atoms with Gasteiger partial charge in [0.25, 0.3) is 0 Å². The van der Waals surface area contributed by atoms with Gasteiger partial charge in [0, 0.05) is 25.2 Å².